The zero-order valence-electron chi connectivity index (χ0n) is 14.6. The van der Waals surface area contributed by atoms with Gasteiger partial charge >= 0.3 is 0 Å². The van der Waals surface area contributed by atoms with E-state index in [1.165, 1.54) is 6.08 Å². The highest BCUT2D eigenvalue weighted by Gasteiger charge is 2.10. The first-order chi connectivity index (χ1) is 12.5. The summed E-state index contributed by atoms with van der Waals surface area (Å²) >= 11 is 5.92. The maximum atomic E-state index is 12.3. The summed E-state index contributed by atoms with van der Waals surface area (Å²) in [7, 11) is 0. The number of allylic oxidation sites excluding steroid dienone is 1. The van der Waals surface area contributed by atoms with Crippen LogP contribution in [0.4, 0.5) is 0 Å². The summed E-state index contributed by atoms with van der Waals surface area (Å²) < 4.78 is 13.0. The highest BCUT2D eigenvalue weighted by atomic mass is 35.5. The van der Waals surface area contributed by atoms with Crippen LogP contribution in [0, 0.1) is 6.92 Å². The van der Waals surface area contributed by atoms with Crippen LogP contribution in [0.3, 0.4) is 0 Å². The molecule has 0 amide bonds. The van der Waals surface area contributed by atoms with Crippen molar-refractivity contribution < 1.29 is 13.9 Å². The van der Waals surface area contributed by atoms with E-state index in [2.05, 4.69) is 5.10 Å². The number of furan rings is 1. The lowest BCUT2D eigenvalue weighted by atomic mass is 10.1. The van der Waals surface area contributed by atoms with E-state index in [4.69, 9.17) is 20.8 Å². The van der Waals surface area contributed by atoms with E-state index in [9.17, 15) is 4.79 Å². The number of halogens is 1. The minimum Gasteiger partial charge on any atom is -0.486 e. The zero-order valence-corrected chi connectivity index (χ0v) is 15.4. The molecule has 5 nitrogen and oxygen atoms in total. The molecule has 26 heavy (non-hydrogen) atoms. The number of hydrogen-bond acceptors (Lipinski definition) is 4. The minimum absolute atomic E-state index is 0.102. The van der Waals surface area contributed by atoms with Gasteiger partial charge in [-0.3, -0.25) is 9.48 Å². The number of carbonyl (C=O) groups excluding carboxylic acids is 1. The molecule has 0 spiro atoms. The van der Waals surface area contributed by atoms with Crippen LogP contribution in [0.2, 0.25) is 5.02 Å². The Bertz CT molecular complexity index is 940. The van der Waals surface area contributed by atoms with Crippen LogP contribution in [-0.4, -0.2) is 15.6 Å². The number of nitrogens with zero attached hydrogens (tertiary/aromatic N) is 2. The maximum Gasteiger partial charge on any atom is 0.189 e. The average molecular weight is 371 g/mol. The second kappa shape index (κ2) is 8.06. The molecule has 0 aliphatic carbocycles. The van der Waals surface area contributed by atoms with E-state index in [-0.39, 0.29) is 12.4 Å². The van der Waals surface area contributed by atoms with E-state index in [1.807, 2.05) is 32.0 Å². The molecule has 134 valence electrons. The lowest BCUT2D eigenvalue weighted by Crippen LogP contribution is -1.95. The molecule has 2 aromatic heterocycles. The van der Waals surface area contributed by atoms with Crippen LogP contribution in [0.15, 0.2) is 53.1 Å². The van der Waals surface area contributed by atoms with Crippen LogP contribution in [-0.2, 0) is 13.2 Å². The van der Waals surface area contributed by atoms with Gasteiger partial charge in [0.2, 0.25) is 0 Å². The predicted molar refractivity (Wildman–Crippen MR) is 100 cm³/mol. The second-order valence-electron chi connectivity index (χ2n) is 5.73. The van der Waals surface area contributed by atoms with Gasteiger partial charge in [0.05, 0.1) is 11.3 Å². The third-order valence-electron chi connectivity index (χ3n) is 3.79. The van der Waals surface area contributed by atoms with E-state index in [1.54, 1.807) is 35.2 Å². The molecular weight excluding hydrogens is 352 g/mol. The Balaban J connectivity index is 1.61. The van der Waals surface area contributed by atoms with Gasteiger partial charge in [0.25, 0.3) is 0 Å². The first-order valence-corrected chi connectivity index (χ1v) is 8.66. The summed E-state index contributed by atoms with van der Waals surface area (Å²) in [6.07, 6.45) is 4.90. The van der Waals surface area contributed by atoms with Crippen LogP contribution in [0.1, 0.15) is 34.5 Å². The molecule has 0 aliphatic rings. The van der Waals surface area contributed by atoms with Gasteiger partial charge in [-0.15, -0.1) is 0 Å². The van der Waals surface area contributed by atoms with Gasteiger partial charge in [-0.05, 0) is 56.3 Å². The zero-order chi connectivity index (χ0) is 18.5. The quantitative estimate of drug-likeness (QED) is 0.437. The Hall–Kier alpha value is -2.79. The molecule has 0 aliphatic heterocycles. The molecule has 1 aromatic carbocycles. The maximum absolute atomic E-state index is 12.3. The van der Waals surface area contributed by atoms with E-state index in [0.717, 1.165) is 12.2 Å². The molecule has 0 fully saturated rings. The van der Waals surface area contributed by atoms with Gasteiger partial charge < -0.3 is 9.15 Å². The summed E-state index contributed by atoms with van der Waals surface area (Å²) in [6.45, 7) is 4.81. The molecule has 0 unspecified atom stereocenters. The van der Waals surface area contributed by atoms with Crippen molar-refractivity contribution in [3.05, 3.63) is 76.5 Å². The highest BCUT2D eigenvalue weighted by Crippen LogP contribution is 2.19. The molecule has 0 atom stereocenters. The molecule has 0 radical (unpaired) electrons. The molecule has 0 bridgehead atoms. The van der Waals surface area contributed by atoms with Gasteiger partial charge in [0.1, 0.15) is 23.9 Å². The molecular formula is C20H19ClN2O3. The van der Waals surface area contributed by atoms with Crippen molar-refractivity contribution in [2.75, 3.05) is 0 Å². The smallest absolute Gasteiger partial charge is 0.189 e. The summed E-state index contributed by atoms with van der Waals surface area (Å²) in [5.74, 6) is 1.82. The normalized spacial score (nSPS) is 11.2. The number of aryl methyl sites for hydroxylation is 2. The molecule has 0 saturated heterocycles. The molecule has 3 aromatic rings. The van der Waals surface area contributed by atoms with E-state index >= 15 is 0 Å². The first kappa shape index (κ1) is 18.0. The number of rotatable bonds is 7. The molecule has 0 saturated carbocycles. The monoisotopic (exact) mass is 370 g/mol. The summed E-state index contributed by atoms with van der Waals surface area (Å²) in [4.78, 5) is 12.3. The lowest BCUT2D eigenvalue weighted by Gasteiger charge is -2.03. The fraction of sp³-hybridized carbons (Fsp3) is 0.200. The number of hydrogen-bond donors (Lipinski definition) is 0. The number of ether oxygens (including phenoxy) is 1. The Morgan fingerprint density at radius 1 is 1.35 bits per heavy atom. The Morgan fingerprint density at radius 2 is 2.19 bits per heavy atom. The van der Waals surface area contributed by atoms with E-state index < -0.39 is 0 Å². The number of ketones is 1. The Morgan fingerprint density at radius 3 is 2.92 bits per heavy atom. The van der Waals surface area contributed by atoms with Crippen molar-refractivity contribution in [2.45, 2.75) is 27.0 Å². The Labute approximate surface area is 156 Å². The molecule has 3 rings (SSSR count). The first-order valence-electron chi connectivity index (χ1n) is 8.28. The lowest BCUT2D eigenvalue weighted by molar-refractivity contribution is 0.104. The van der Waals surface area contributed by atoms with Crippen molar-refractivity contribution in [1.82, 2.24) is 9.78 Å². The van der Waals surface area contributed by atoms with Crippen LogP contribution in [0.25, 0.3) is 6.08 Å². The fourth-order valence-electron chi connectivity index (χ4n) is 2.44. The van der Waals surface area contributed by atoms with Gasteiger partial charge in [-0.25, -0.2) is 0 Å². The molecule has 2 heterocycles. The Kier molecular flexibility index (Phi) is 5.58. The van der Waals surface area contributed by atoms with Gasteiger partial charge in [-0.2, -0.15) is 5.10 Å². The van der Waals surface area contributed by atoms with Gasteiger partial charge in [-0.1, -0.05) is 17.7 Å². The second-order valence-corrected chi connectivity index (χ2v) is 6.17. The topological polar surface area (TPSA) is 57.3 Å². The predicted octanol–water partition coefficient (Wildman–Crippen LogP) is 4.93. The van der Waals surface area contributed by atoms with Crippen LogP contribution in [0.5, 0.6) is 5.75 Å². The highest BCUT2D eigenvalue weighted by molar-refractivity contribution is 6.30. The summed E-state index contributed by atoms with van der Waals surface area (Å²) in [5, 5.41) is 4.90. The van der Waals surface area contributed by atoms with Gasteiger partial charge in [0, 0.05) is 17.8 Å². The third kappa shape index (κ3) is 4.43. The van der Waals surface area contributed by atoms with Crippen molar-refractivity contribution in [3.8, 4) is 5.75 Å². The standard InChI is InChI=1S/C20H19ClN2O3/c1-3-23-12-19(14(2)22-23)20(24)10-9-16-7-8-18(26-16)13-25-17-6-4-5-15(21)11-17/h4-12H,3,13H2,1-2H3. The fourth-order valence-corrected chi connectivity index (χ4v) is 2.62. The van der Waals surface area contributed by atoms with Crippen molar-refractivity contribution in [3.63, 3.8) is 0 Å². The summed E-state index contributed by atoms with van der Waals surface area (Å²) in [5.41, 5.74) is 1.32. The number of carbonyl (C=O) groups is 1. The van der Waals surface area contributed by atoms with Gasteiger partial charge in [0.15, 0.2) is 5.78 Å². The van der Waals surface area contributed by atoms with Crippen molar-refractivity contribution >= 4 is 23.5 Å². The van der Waals surface area contributed by atoms with Crippen molar-refractivity contribution in [1.29, 1.82) is 0 Å². The number of benzene rings is 1. The largest absolute Gasteiger partial charge is 0.486 e. The number of aromatic nitrogens is 2. The van der Waals surface area contributed by atoms with Crippen LogP contribution < -0.4 is 4.74 Å². The molecule has 0 N–H and O–H groups in total. The minimum atomic E-state index is -0.102. The SMILES string of the molecule is CCn1cc(C(=O)C=Cc2ccc(COc3cccc(Cl)c3)o2)c(C)n1. The molecule has 6 heteroatoms. The third-order valence-corrected chi connectivity index (χ3v) is 4.03. The average Bonchev–Trinajstić information content (AvgIpc) is 3.24. The van der Waals surface area contributed by atoms with Crippen LogP contribution >= 0.6 is 11.6 Å². The van der Waals surface area contributed by atoms with E-state index in [0.29, 0.717) is 27.9 Å². The summed E-state index contributed by atoms with van der Waals surface area (Å²) in [6, 6.07) is 10.8. The van der Waals surface area contributed by atoms with Crippen molar-refractivity contribution in [2.24, 2.45) is 0 Å².